The molecule has 0 fully saturated rings. The largest absolute Gasteiger partial charge is 0.481 e. The number of unbranched alkanes of at least 4 members (excludes halogenated alkanes) is 23. The molecule has 0 saturated carbocycles. The molecule has 0 saturated heterocycles. The van der Waals surface area contributed by atoms with Crippen molar-refractivity contribution in [1.29, 1.82) is 0 Å². The quantitative estimate of drug-likeness (QED) is 0.0501. The van der Waals surface area contributed by atoms with E-state index < -0.39 is 5.97 Å². The van der Waals surface area contributed by atoms with E-state index in [-0.39, 0.29) is 18.5 Å². The second-order valence-corrected chi connectivity index (χ2v) is 12.1. The highest BCUT2D eigenvalue weighted by molar-refractivity contribution is 5.69. The minimum atomic E-state index is -0.720. The van der Waals surface area contributed by atoms with Crippen molar-refractivity contribution in [3.05, 3.63) is 12.2 Å². The van der Waals surface area contributed by atoms with Crippen molar-refractivity contribution in [2.45, 2.75) is 206 Å². The highest BCUT2D eigenvalue weighted by Gasteiger charge is 2.11. The number of aliphatic carboxylic acids is 1. The molecule has 1 unspecified atom stereocenters. The normalized spacial score (nSPS) is 12.2. The van der Waals surface area contributed by atoms with Crippen LogP contribution in [0.15, 0.2) is 12.2 Å². The number of hydrogen-bond donors (Lipinski definition) is 1. The van der Waals surface area contributed by atoms with E-state index in [0.29, 0.717) is 6.42 Å². The van der Waals surface area contributed by atoms with Crippen LogP contribution >= 0.6 is 0 Å². The van der Waals surface area contributed by atoms with Crippen LogP contribution in [0, 0.1) is 0 Å². The highest BCUT2D eigenvalue weighted by atomic mass is 16.5. The first kappa shape index (κ1) is 38.7. The molecule has 1 N–H and O–H groups in total. The van der Waals surface area contributed by atoms with E-state index in [9.17, 15) is 9.59 Å². The van der Waals surface area contributed by atoms with Gasteiger partial charge in [-0.05, 0) is 44.6 Å². The van der Waals surface area contributed by atoms with E-state index in [4.69, 9.17) is 9.84 Å². The van der Waals surface area contributed by atoms with Gasteiger partial charge in [0.05, 0.1) is 0 Å². The van der Waals surface area contributed by atoms with Crippen molar-refractivity contribution in [3.8, 4) is 0 Å². The summed E-state index contributed by atoms with van der Waals surface area (Å²) in [6.07, 6.45) is 38.1. The highest BCUT2D eigenvalue weighted by Crippen LogP contribution is 2.16. The average Bonchev–Trinajstić information content (AvgIpc) is 2.93. The molecule has 0 radical (unpaired) electrons. The Bertz CT molecular complexity index is 571. The fourth-order valence-corrected chi connectivity index (χ4v) is 5.33. The Morgan fingerprint density at radius 1 is 0.550 bits per heavy atom. The van der Waals surface area contributed by atoms with Gasteiger partial charge < -0.3 is 9.84 Å². The van der Waals surface area contributed by atoms with E-state index in [2.05, 4.69) is 26.0 Å². The van der Waals surface area contributed by atoms with Gasteiger partial charge in [-0.3, -0.25) is 9.59 Å². The molecule has 0 bridgehead atoms. The molecule has 0 aromatic heterocycles. The lowest BCUT2D eigenvalue weighted by Crippen LogP contribution is -2.16. The summed E-state index contributed by atoms with van der Waals surface area (Å²) in [6, 6.07) is 0. The number of esters is 1. The van der Waals surface area contributed by atoms with Gasteiger partial charge in [0.1, 0.15) is 6.10 Å². The van der Waals surface area contributed by atoms with Gasteiger partial charge in [-0.1, -0.05) is 155 Å². The van der Waals surface area contributed by atoms with E-state index in [1.807, 2.05) is 0 Å². The van der Waals surface area contributed by atoms with Gasteiger partial charge in [0, 0.05) is 12.8 Å². The molecule has 4 nitrogen and oxygen atoms in total. The summed E-state index contributed by atoms with van der Waals surface area (Å²) < 4.78 is 5.84. The van der Waals surface area contributed by atoms with E-state index in [1.165, 1.54) is 122 Å². The molecule has 0 aromatic carbocycles. The van der Waals surface area contributed by atoms with Crippen LogP contribution in [0.1, 0.15) is 200 Å². The monoisotopic (exact) mass is 565 g/mol. The molecule has 0 aromatic rings. The number of carboxylic acids is 1. The third kappa shape index (κ3) is 31.2. The van der Waals surface area contributed by atoms with Crippen molar-refractivity contribution in [2.24, 2.45) is 0 Å². The number of carbonyl (C=O) groups excluding carboxylic acids is 1. The maximum atomic E-state index is 12.5. The number of ether oxygens (including phenoxy) is 1. The van der Waals surface area contributed by atoms with Crippen molar-refractivity contribution in [3.63, 3.8) is 0 Å². The Hall–Kier alpha value is -1.32. The summed E-state index contributed by atoms with van der Waals surface area (Å²) in [6.45, 7) is 4.52. The van der Waals surface area contributed by atoms with E-state index >= 15 is 0 Å². The number of hydrogen-bond acceptors (Lipinski definition) is 3. The van der Waals surface area contributed by atoms with Gasteiger partial charge in [0.15, 0.2) is 0 Å². The van der Waals surface area contributed by atoms with Crippen LogP contribution in [0.4, 0.5) is 0 Å². The summed E-state index contributed by atoms with van der Waals surface area (Å²) in [5, 5.41) is 8.79. The predicted molar refractivity (Wildman–Crippen MR) is 172 cm³/mol. The van der Waals surface area contributed by atoms with Crippen molar-refractivity contribution >= 4 is 11.9 Å². The Morgan fingerprint density at radius 3 is 1.43 bits per heavy atom. The lowest BCUT2D eigenvalue weighted by atomic mass is 10.0. The molecular weight excluding hydrogens is 496 g/mol. The molecule has 236 valence electrons. The van der Waals surface area contributed by atoms with Gasteiger partial charge in [-0.2, -0.15) is 0 Å². The molecule has 1 atom stereocenters. The summed E-state index contributed by atoms with van der Waals surface area (Å²) >= 11 is 0. The van der Waals surface area contributed by atoms with Crippen LogP contribution in [0.3, 0.4) is 0 Å². The second-order valence-electron chi connectivity index (χ2n) is 12.1. The Labute approximate surface area is 249 Å². The third-order valence-electron chi connectivity index (χ3n) is 7.97. The lowest BCUT2D eigenvalue weighted by molar-refractivity contribution is -0.147. The fourth-order valence-electron chi connectivity index (χ4n) is 5.33. The Morgan fingerprint density at radius 2 is 0.950 bits per heavy atom. The number of carboxylic acid groups (broad SMARTS) is 1. The SMILES string of the molecule is CCCCCCC/C=C\C(CCCCCCC(=O)O)OC(=O)CCCCCCCCCCCCCCCCCC. The smallest absolute Gasteiger partial charge is 0.306 e. The zero-order chi connectivity index (χ0) is 29.4. The van der Waals surface area contributed by atoms with Crippen molar-refractivity contribution < 1.29 is 19.4 Å². The number of rotatable bonds is 32. The van der Waals surface area contributed by atoms with Gasteiger partial charge >= 0.3 is 11.9 Å². The molecular formula is C36H68O4. The predicted octanol–water partition coefficient (Wildman–Crippen LogP) is 11.9. The minimum Gasteiger partial charge on any atom is -0.481 e. The molecule has 0 aliphatic carbocycles. The molecule has 0 aliphatic rings. The first-order chi connectivity index (χ1) is 19.6. The fraction of sp³-hybridized carbons (Fsp3) is 0.889. The van der Waals surface area contributed by atoms with Crippen molar-refractivity contribution in [1.82, 2.24) is 0 Å². The van der Waals surface area contributed by atoms with Crippen LogP contribution in [0.25, 0.3) is 0 Å². The zero-order valence-electron chi connectivity index (χ0n) is 26.9. The summed E-state index contributed by atoms with van der Waals surface area (Å²) in [5.41, 5.74) is 0. The summed E-state index contributed by atoms with van der Waals surface area (Å²) in [5.74, 6) is -0.781. The maximum Gasteiger partial charge on any atom is 0.306 e. The van der Waals surface area contributed by atoms with Gasteiger partial charge in [0.25, 0.3) is 0 Å². The molecule has 0 rings (SSSR count). The van der Waals surface area contributed by atoms with Crippen LogP contribution in [-0.4, -0.2) is 23.1 Å². The summed E-state index contributed by atoms with van der Waals surface area (Å²) in [7, 11) is 0. The first-order valence-corrected chi connectivity index (χ1v) is 17.7. The van der Waals surface area contributed by atoms with Crippen LogP contribution < -0.4 is 0 Å². The van der Waals surface area contributed by atoms with Crippen molar-refractivity contribution in [2.75, 3.05) is 0 Å². The Kier molecular flexibility index (Phi) is 31.1. The molecule has 0 spiro atoms. The van der Waals surface area contributed by atoms with Crippen LogP contribution in [0.5, 0.6) is 0 Å². The lowest BCUT2D eigenvalue weighted by Gasteiger charge is -2.15. The minimum absolute atomic E-state index is 0.0613. The molecule has 0 amide bonds. The third-order valence-corrected chi connectivity index (χ3v) is 7.97. The average molecular weight is 565 g/mol. The van der Waals surface area contributed by atoms with E-state index in [0.717, 1.165) is 51.4 Å². The first-order valence-electron chi connectivity index (χ1n) is 17.7. The summed E-state index contributed by atoms with van der Waals surface area (Å²) in [4.78, 5) is 23.2. The zero-order valence-corrected chi connectivity index (χ0v) is 26.9. The van der Waals surface area contributed by atoms with Crippen LogP contribution in [0.2, 0.25) is 0 Å². The molecule has 40 heavy (non-hydrogen) atoms. The number of allylic oxidation sites excluding steroid dienone is 1. The van der Waals surface area contributed by atoms with Gasteiger partial charge in [-0.25, -0.2) is 0 Å². The molecule has 0 heterocycles. The standard InChI is InChI=1S/C36H68O4/c1-3-5-7-9-11-12-13-14-15-16-17-18-19-21-23-29-33-36(39)40-34(30-26-22-20-10-8-6-4-2)31-27-24-25-28-32-35(37)38/h26,30,34H,3-25,27-29,31-33H2,1-2H3,(H,37,38)/b30-26-. The Balaban J connectivity index is 3.89. The maximum absolute atomic E-state index is 12.5. The van der Waals surface area contributed by atoms with E-state index in [1.54, 1.807) is 0 Å². The second kappa shape index (κ2) is 32.2. The topological polar surface area (TPSA) is 63.6 Å². The van der Waals surface area contributed by atoms with Gasteiger partial charge in [-0.15, -0.1) is 0 Å². The molecule has 4 heteroatoms. The molecule has 0 aliphatic heterocycles. The van der Waals surface area contributed by atoms with Gasteiger partial charge in [0.2, 0.25) is 0 Å². The number of carbonyl (C=O) groups is 2. The van der Waals surface area contributed by atoms with Crippen LogP contribution in [-0.2, 0) is 14.3 Å².